The number of hydrogen-bond donors (Lipinski definition) is 4. The summed E-state index contributed by atoms with van der Waals surface area (Å²) < 4.78 is 1.68. The first-order chi connectivity index (χ1) is 18.6. The molecule has 3 heterocycles. The van der Waals surface area contributed by atoms with Gasteiger partial charge in [-0.2, -0.15) is 0 Å². The highest BCUT2D eigenvalue weighted by atomic mass is 16.2. The van der Waals surface area contributed by atoms with Gasteiger partial charge in [-0.05, 0) is 29.7 Å². The van der Waals surface area contributed by atoms with E-state index >= 15 is 0 Å². The van der Waals surface area contributed by atoms with E-state index in [9.17, 15) is 9.59 Å². The van der Waals surface area contributed by atoms with E-state index in [-0.39, 0.29) is 24.3 Å². The molecule has 0 aliphatic carbocycles. The van der Waals surface area contributed by atoms with E-state index in [4.69, 9.17) is 0 Å². The summed E-state index contributed by atoms with van der Waals surface area (Å²) in [6.45, 7) is 0. The van der Waals surface area contributed by atoms with Crippen LogP contribution in [0.1, 0.15) is 49.5 Å². The molecule has 5 rings (SSSR count). The summed E-state index contributed by atoms with van der Waals surface area (Å²) in [6, 6.07) is 14.3. The van der Waals surface area contributed by atoms with Crippen LogP contribution < -0.4 is 15.1 Å². The van der Waals surface area contributed by atoms with Crippen LogP contribution >= 0.6 is 0 Å². The molecule has 2 aromatic carbocycles. The zero-order valence-corrected chi connectivity index (χ0v) is 21.3. The maximum atomic E-state index is 13.0. The van der Waals surface area contributed by atoms with Crippen LogP contribution in [0.2, 0.25) is 0 Å². The van der Waals surface area contributed by atoms with Crippen molar-refractivity contribution in [1.82, 2.24) is 35.7 Å². The van der Waals surface area contributed by atoms with Gasteiger partial charge in [-0.25, -0.2) is 10.1 Å². The minimum absolute atomic E-state index is 0.0432. The van der Waals surface area contributed by atoms with Crippen molar-refractivity contribution in [1.29, 1.82) is 0 Å². The number of aromatic nitrogens is 6. The van der Waals surface area contributed by atoms with Crippen molar-refractivity contribution in [3.63, 3.8) is 0 Å². The fourth-order valence-electron chi connectivity index (χ4n) is 4.55. The predicted octanol–water partition coefficient (Wildman–Crippen LogP) is 3.18. The summed E-state index contributed by atoms with van der Waals surface area (Å²) >= 11 is 0. The molecule has 194 valence electrons. The average Bonchev–Trinajstić information content (AvgIpc) is 3.61. The molecule has 5 aromatic rings. The number of aromatic amines is 2. The van der Waals surface area contributed by atoms with Gasteiger partial charge in [0, 0.05) is 24.6 Å². The summed E-state index contributed by atoms with van der Waals surface area (Å²) in [4.78, 5) is 41.0. The molecule has 10 heteroatoms. The van der Waals surface area contributed by atoms with Crippen molar-refractivity contribution in [2.45, 2.75) is 44.6 Å². The predicted molar refractivity (Wildman–Crippen MR) is 143 cm³/mol. The monoisotopic (exact) mass is 511 g/mol. The third kappa shape index (κ3) is 6.03. The molecule has 0 spiro atoms. The van der Waals surface area contributed by atoms with Crippen molar-refractivity contribution in [3.05, 3.63) is 78.8 Å². The molecule has 3 aromatic heterocycles. The summed E-state index contributed by atoms with van der Waals surface area (Å²) in [5, 5.41) is 11.1. The molecule has 2 amide bonds. The normalized spacial score (nSPS) is 12.0. The Bertz CT molecular complexity index is 1560. The molecule has 38 heavy (non-hydrogen) atoms. The van der Waals surface area contributed by atoms with Crippen LogP contribution in [0.25, 0.3) is 27.8 Å². The van der Waals surface area contributed by atoms with Crippen LogP contribution in [0.3, 0.4) is 0 Å². The Balaban J connectivity index is 1.30. The minimum Gasteiger partial charge on any atom is -0.359 e. The van der Waals surface area contributed by atoms with Crippen molar-refractivity contribution in [3.8, 4) is 11.3 Å². The van der Waals surface area contributed by atoms with Gasteiger partial charge in [0.25, 0.3) is 0 Å². The largest absolute Gasteiger partial charge is 0.456 e. The molecular formula is C28H31N8O2+. The smallest absolute Gasteiger partial charge is 0.359 e. The van der Waals surface area contributed by atoms with Crippen LogP contribution in [0.15, 0.2) is 67.4 Å². The van der Waals surface area contributed by atoms with E-state index in [0.29, 0.717) is 24.4 Å². The van der Waals surface area contributed by atoms with Crippen LogP contribution in [0, 0.1) is 0 Å². The minimum atomic E-state index is -0.284. The lowest BCUT2D eigenvalue weighted by Gasteiger charge is -2.17. The van der Waals surface area contributed by atoms with Crippen LogP contribution in [0.4, 0.5) is 0 Å². The van der Waals surface area contributed by atoms with Gasteiger partial charge in [-0.1, -0.05) is 59.2 Å². The number of carbonyl (C=O) groups is 2. The van der Waals surface area contributed by atoms with Crippen LogP contribution in [0.5, 0.6) is 0 Å². The topological polar surface area (TPSA) is 133 Å². The highest BCUT2D eigenvalue weighted by Gasteiger charge is 2.20. The standard InChI is InChI=1S/C28H30N8O2/c1-29-25(37)10-4-2-3-9-23(34-26(38)13-19-15-31-28-32-18-33-36(28)17-19)27-30-16-24(35-27)22-12-11-20-7-5-6-8-21(20)14-22/h5-8,11-12,14-18,23H,2-4,9-10,13H2,1H3,(H3,29,30,34,35,37,38)/p+1/t23-/m0/s1. The van der Waals surface area contributed by atoms with Crippen LogP contribution in [-0.2, 0) is 16.0 Å². The lowest BCUT2D eigenvalue weighted by molar-refractivity contribution is -0.580. The molecule has 0 saturated heterocycles. The quantitative estimate of drug-likeness (QED) is 0.160. The Morgan fingerprint density at radius 1 is 0.974 bits per heavy atom. The number of nitrogens with one attached hydrogen (secondary N) is 4. The van der Waals surface area contributed by atoms with Gasteiger partial charge in [0.1, 0.15) is 12.0 Å². The Kier molecular flexibility index (Phi) is 7.67. The molecule has 4 N–H and O–H groups in total. The van der Waals surface area contributed by atoms with Crippen molar-refractivity contribution >= 4 is 28.4 Å². The van der Waals surface area contributed by atoms with Gasteiger partial charge in [0.05, 0.1) is 30.6 Å². The molecule has 0 saturated carbocycles. The average molecular weight is 512 g/mol. The summed E-state index contributed by atoms with van der Waals surface area (Å²) in [7, 11) is 1.65. The number of carbonyl (C=O) groups excluding carboxylic acids is 2. The molecule has 0 fully saturated rings. The first-order valence-corrected chi connectivity index (χ1v) is 12.8. The van der Waals surface area contributed by atoms with Gasteiger partial charge < -0.3 is 15.6 Å². The molecule has 0 unspecified atom stereocenters. The fourth-order valence-corrected chi connectivity index (χ4v) is 4.55. The van der Waals surface area contributed by atoms with Gasteiger partial charge in [-0.15, -0.1) is 4.52 Å². The first-order valence-electron chi connectivity index (χ1n) is 12.8. The van der Waals surface area contributed by atoms with E-state index in [1.165, 1.54) is 5.39 Å². The van der Waals surface area contributed by atoms with E-state index in [0.717, 1.165) is 41.5 Å². The number of rotatable bonds is 11. The van der Waals surface area contributed by atoms with Crippen molar-refractivity contribution in [2.24, 2.45) is 0 Å². The summed E-state index contributed by atoms with van der Waals surface area (Å²) in [6.07, 6.45) is 10.8. The van der Waals surface area contributed by atoms with Gasteiger partial charge in [0.15, 0.2) is 6.33 Å². The number of hydrogen-bond acceptors (Lipinski definition) is 5. The van der Waals surface area contributed by atoms with E-state index in [1.807, 2.05) is 24.5 Å². The zero-order valence-electron chi connectivity index (χ0n) is 21.3. The Hall–Kier alpha value is -4.60. The molecule has 0 radical (unpaired) electrons. The lowest BCUT2D eigenvalue weighted by atomic mass is 10.1. The van der Waals surface area contributed by atoms with Crippen molar-refractivity contribution in [2.75, 3.05) is 7.05 Å². The molecule has 10 nitrogen and oxygen atoms in total. The maximum absolute atomic E-state index is 13.0. The second kappa shape index (κ2) is 11.6. The van der Waals surface area contributed by atoms with Gasteiger partial charge in [-0.3, -0.25) is 9.59 Å². The fraction of sp³-hybridized carbons (Fsp3) is 0.286. The summed E-state index contributed by atoms with van der Waals surface area (Å²) in [5.41, 5.74) is 2.70. The molecule has 0 bridgehead atoms. The van der Waals surface area contributed by atoms with E-state index in [1.54, 1.807) is 24.1 Å². The Morgan fingerprint density at radius 2 is 1.84 bits per heavy atom. The highest BCUT2D eigenvalue weighted by molar-refractivity contribution is 5.86. The zero-order chi connectivity index (χ0) is 26.3. The number of fused-ring (bicyclic) bond motifs is 2. The second-order valence-electron chi connectivity index (χ2n) is 9.33. The number of H-pyrrole nitrogens is 2. The van der Waals surface area contributed by atoms with Crippen molar-refractivity contribution < 1.29 is 14.1 Å². The highest BCUT2D eigenvalue weighted by Crippen LogP contribution is 2.26. The number of amides is 2. The second-order valence-corrected chi connectivity index (χ2v) is 9.33. The number of unbranched alkanes of at least 4 members (excludes halogenated alkanes) is 2. The van der Waals surface area contributed by atoms with Gasteiger partial charge in [0.2, 0.25) is 11.8 Å². The van der Waals surface area contributed by atoms with E-state index < -0.39 is 0 Å². The number of imidazole rings is 1. The number of benzene rings is 2. The number of nitrogens with zero attached hydrogens (tertiary/aromatic N) is 4. The molecular weight excluding hydrogens is 480 g/mol. The Labute approximate surface area is 219 Å². The van der Waals surface area contributed by atoms with Crippen LogP contribution in [-0.4, -0.2) is 43.9 Å². The van der Waals surface area contributed by atoms with E-state index in [2.05, 4.69) is 66.0 Å². The first kappa shape index (κ1) is 25.1. The molecule has 0 aliphatic heterocycles. The maximum Gasteiger partial charge on any atom is 0.456 e. The third-order valence-corrected chi connectivity index (χ3v) is 6.59. The molecule has 1 atom stereocenters. The summed E-state index contributed by atoms with van der Waals surface area (Å²) in [5.74, 6) is 1.18. The lowest BCUT2D eigenvalue weighted by Crippen LogP contribution is -2.32. The van der Waals surface area contributed by atoms with Gasteiger partial charge >= 0.3 is 5.78 Å². The SMILES string of the molecule is CNC(=O)CCCCC[C@H](NC(=O)Cc1cnc2nc[nH][n+]2c1)c1ncc(-c2ccc3ccccc3c2)[nH]1. The third-order valence-electron chi connectivity index (χ3n) is 6.59. The molecule has 0 aliphatic rings. The Morgan fingerprint density at radius 3 is 2.71 bits per heavy atom.